The number of rotatable bonds is 1. The fraction of sp³-hybridized carbons (Fsp3) is 0.500. The van der Waals surface area contributed by atoms with Crippen molar-refractivity contribution in [2.75, 3.05) is 13.1 Å². The van der Waals surface area contributed by atoms with Crippen LogP contribution in [0, 0.1) is 6.92 Å². The molecule has 0 spiro atoms. The second-order valence-corrected chi connectivity index (χ2v) is 3.63. The number of pyridine rings is 1. The topological polar surface area (TPSA) is 44.9 Å². The van der Waals surface area contributed by atoms with Crippen LogP contribution in [0.5, 0.6) is 0 Å². The van der Waals surface area contributed by atoms with Gasteiger partial charge < -0.3 is 10.3 Å². The smallest absolute Gasteiger partial charge is 0.250 e. The third kappa shape index (κ3) is 1.65. The third-order valence-electron chi connectivity index (χ3n) is 2.64. The molecule has 2 heterocycles. The normalized spacial score (nSPS) is 22.1. The Morgan fingerprint density at radius 2 is 2.38 bits per heavy atom. The Hall–Kier alpha value is -1.09. The van der Waals surface area contributed by atoms with E-state index in [0.29, 0.717) is 5.92 Å². The number of hydrogen-bond donors (Lipinski definition) is 2. The lowest BCUT2D eigenvalue weighted by molar-refractivity contribution is 0.756. The van der Waals surface area contributed by atoms with Crippen LogP contribution in [0.15, 0.2) is 17.1 Å². The molecule has 3 nitrogen and oxygen atoms in total. The molecule has 0 radical (unpaired) electrons. The standard InChI is InChI=1S/C10H14N2O/c1-7-4-9(6-12-10(7)13)8-2-3-11-5-8/h4,6,8,11H,2-3,5H2,1H3,(H,12,13). The van der Waals surface area contributed by atoms with Gasteiger partial charge in [0.2, 0.25) is 0 Å². The minimum Gasteiger partial charge on any atom is -0.329 e. The lowest BCUT2D eigenvalue weighted by atomic mass is 9.99. The largest absolute Gasteiger partial charge is 0.329 e. The summed E-state index contributed by atoms with van der Waals surface area (Å²) in [5, 5.41) is 3.31. The van der Waals surface area contributed by atoms with Gasteiger partial charge in [0, 0.05) is 18.3 Å². The molecule has 2 rings (SSSR count). The number of H-pyrrole nitrogens is 1. The Kier molecular flexibility index (Phi) is 2.19. The quantitative estimate of drug-likeness (QED) is 0.667. The highest BCUT2D eigenvalue weighted by atomic mass is 16.1. The maximum absolute atomic E-state index is 11.1. The van der Waals surface area contributed by atoms with Gasteiger partial charge in [-0.3, -0.25) is 4.79 Å². The highest BCUT2D eigenvalue weighted by molar-refractivity contribution is 5.22. The van der Waals surface area contributed by atoms with Gasteiger partial charge in [0.25, 0.3) is 5.56 Å². The number of aryl methyl sites for hydroxylation is 1. The average molecular weight is 178 g/mol. The summed E-state index contributed by atoms with van der Waals surface area (Å²) < 4.78 is 0. The number of nitrogens with one attached hydrogen (secondary N) is 2. The van der Waals surface area contributed by atoms with Crippen LogP contribution in [0.3, 0.4) is 0 Å². The maximum Gasteiger partial charge on any atom is 0.250 e. The summed E-state index contributed by atoms with van der Waals surface area (Å²) in [5.74, 6) is 0.579. The molecule has 3 heteroatoms. The fourth-order valence-corrected chi connectivity index (χ4v) is 1.79. The Balaban J connectivity index is 2.30. The molecule has 1 fully saturated rings. The summed E-state index contributed by atoms with van der Waals surface area (Å²) >= 11 is 0. The molecule has 1 aromatic rings. The van der Waals surface area contributed by atoms with Crippen molar-refractivity contribution >= 4 is 0 Å². The van der Waals surface area contributed by atoms with Gasteiger partial charge >= 0.3 is 0 Å². The van der Waals surface area contributed by atoms with E-state index in [0.717, 1.165) is 18.7 Å². The van der Waals surface area contributed by atoms with Crippen LogP contribution in [-0.2, 0) is 0 Å². The Labute approximate surface area is 77.2 Å². The molecule has 1 unspecified atom stereocenters. The van der Waals surface area contributed by atoms with Gasteiger partial charge in [0.05, 0.1) is 0 Å². The van der Waals surface area contributed by atoms with Crippen molar-refractivity contribution in [3.05, 3.63) is 33.7 Å². The van der Waals surface area contributed by atoms with Gasteiger partial charge in [-0.05, 0) is 37.4 Å². The van der Waals surface area contributed by atoms with Crippen LogP contribution in [0.25, 0.3) is 0 Å². The molecule has 0 saturated carbocycles. The van der Waals surface area contributed by atoms with E-state index >= 15 is 0 Å². The van der Waals surface area contributed by atoms with E-state index < -0.39 is 0 Å². The average Bonchev–Trinajstić information content (AvgIpc) is 2.62. The predicted molar refractivity (Wildman–Crippen MR) is 52.0 cm³/mol. The molecule has 0 aliphatic carbocycles. The molecule has 2 N–H and O–H groups in total. The fourth-order valence-electron chi connectivity index (χ4n) is 1.79. The zero-order valence-electron chi connectivity index (χ0n) is 7.76. The number of aromatic nitrogens is 1. The monoisotopic (exact) mass is 178 g/mol. The Morgan fingerprint density at radius 3 is 3.00 bits per heavy atom. The second-order valence-electron chi connectivity index (χ2n) is 3.63. The van der Waals surface area contributed by atoms with E-state index in [1.165, 1.54) is 12.0 Å². The Morgan fingerprint density at radius 1 is 1.54 bits per heavy atom. The van der Waals surface area contributed by atoms with Gasteiger partial charge in [0.15, 0.2) is 0 Å². The first-order valence-electron chi connectivity index (χ1n) is 4.67. The zero-order valence-corrected chi connectivity index (χ0v) is 7.76. The summed E-state index contributed by atoms with van der Waals surface area (Å²) in [5.41, 5.74) is 2.08. The first-order chi connectivity index (χ1) is 6.27. The van der Waals surface area contributed by atoms with Crippen LogP contribution < -0.4 is 10.9 Å². The summed E-state index contributed by atoms with van der Waals surface area (Å²) in [4.78, 5) is 13.9. The van der Waals surface area contributed by atoms with Gasteiger partial charge in [-0.1, -0.05) is 0 Å². The predicted octanol–water partition coefficient (Wildman–Crippen LogP) is 0.760. The zero-order chi connectivity index (χ0) is 9.26. The van der Waals surface area contributed by atoms with Crippen molar-refractivity contribution in [2.24, 2.45) is 0 Å². The summed E-state index contributed by atoms with van der Waals surface area (Å²) in [6.07, 6.45) is 3.01. The molecule has 1 aliphatic rings. The van der Waals surface area contributed by atoms with Crippen LogP contribution >= 0.6 is 0 Å². The molecule has 1 aromatic heterocycles. The minimum atomic E-state index is 0.0229. The van der Waals surface area contributed by atoms with Gasteiger partial charge in [0.1, 0.15) is 0 Å². The van der Waals surface area contributed by atoms with E-state index in [9.17, 15) is 4.79 Å². The van der Waals surface area contributed by atoms with E-state index in [1.54, 1.807) is 0 Å². The van der Waals surface area contributed by atoms with Crippen molar-refractivity contribution < 1.29 is 0 Å². The van der Waals surface area contributed by atoms with E-state index in [4.69, 9.17) is 0 Å². The highest BCUT2D eigenvalue weighted by Crippen LogP contribution is 2.20. The van der Waals surface area contributed by atoms with Crippen LogP contribution in [0.4, 0.5) is 0 Å². The first kappa shape index (κ1) is 8.51. The summed E-state index contributed by atoms with van der Waals surface area (Å²) in [7, 11) is 0. The molecule has 1 aliphatic heterocycles. The maximum atomic E-state index is 11.1. The molecule has 1 atom stereocenters. The molecular weight excluding hydrogens is 164 g/mol. The first-order valence-corrected chi connectivity index (χ1v) is 4.67. The van der Waals surface area contributed by atoms with Crippen molar-refractivity contribution in [1.82, 2.24) is 10.3 Å². The molecule has 70 valence electrons. The van der Waals surface area contributed by atoms with Crippen molar-refractivity contribution in [1.29, 1.82) is 0 Å². The van der Waals surface area contributed by atoms with Crippen molar-refractivity contribution in [2.45, 2.75) is 19.3 Å². The number of aromatic amines is 1. The summed E-state index contributed by atoms with van der Waals surface area (Å²) in [6, 6.07) is 2.00. The van der Waals surface area contributed by atoms with E-state index in [-0.39, 0.29) is 5.56 Å². The van der Waals surface area contributed by atoms with Gasteiger partial charge in [-0.2, -0.15) is 0 Å². The molecular formula is C10H14N2O. The van der Waals surface area contributed by atoms with E-state index in [1.807, 2.05) is 19.2 Å². The molecule has 0 amide bonds. The van der Waals surface area contributed by atoms with Gasteiger partial charge in [-0.25, -0.2) is 0 Å². The van der Waals surface area contributed by atoms with Gasteiger partial charge in [-0.15, -0.1) is 0 Å². The minimum absolute atomic E-state index is 0.0229. The second kappa shape index (κ2) is 3.34. The number of hydrogen-bond acceptors (Lipinski definition) is 2. The van der Waals surface area contributed by atoms with E-state index in [2.05, 4.69) is 10.3 Å². The molecule has 0 aromatic carbocycles. The molecule has 13 heavy (non-hydrogen) atoms. The van der Waals surface area contributed by atoms with Crippen molar-refractivity contribution in [3.63, 3.8) is 0 Å². The molecule has 0 bridgehead atoms. The van der Waals surface area contributed by atoms with Crippen molar-refractivity contribution in [3.8, 4) is 0 Å². The van der Waals surface area contributed by atoms with Crippen LogP contribution in [0.1, 0.15) is 23.5 Å². The third-order valence-corrected chi connectivity index (χ3v) is 2.64. The lowest BCUT2D eigenvalue weighted by Gasteiger charge is -2.08. The van der Waals surface area contributed by atoms with Crippen LogP contribution in [0.2, 0.25) is 0 Å². The highest BCUT2D eigenvalue weighted by Gasteiger charge is 2.16. The molecule has 1 saturated heterocycles. The lowest BCUT2D eigenvalue weighted by Crippen LogP contribution is -2.12. The van der Waals surface area contributed by atoms with Crippen LogP contribution in [-0.4, -0.2) is 18.1 Å². The Bertz CT molecular complexity index is 350. The summed E-state index contributed by atoms with van der Waals surface area (Å²) in [6.45, 7) is 3.97. The SMILES string of the molecule is Cc1cc(C2CCNC2)c[nH]c1=O.